The summed E-state index contributed by atoms with van der Waals surface area (Å²) in [6, 6.07) is 9.43. The van der Waals surface area contributed by atoms with Gasteiger partial charge in [-0.15, -0.1) is 0 Å². The molecule has 0 saturated carbocycles. The Labute approximate surface area is 232 Å². The summed E-state index contributed by atoms with van der Waals surface area (Å²) in [7, 11) is -2.83. The molecular weight excluding hydrogens is 545 g/mol. The topological polar surface area (TPSA) is 151 Å². The molecule has 2 amide bonds. The Morgan fingerprint density at radius 2 is 1.80 bits per heavy atom. The van der Waals surface area contributed by atoms with Crippen LogP contribution in [-0.4, -0.2) is 69.7 Å². The molecule has 2 aromatic rings. The van der Waals surface area contributed by atoms with Crippen molar-refractivity contribution in [3.8, 4) is 5.75 Å². The Kier molecular flexibility index (Phi) is 11.0. The molecule has 0 aromatic heterocycles. The number of likely N-dealkylation sites (tertiary alicyclic amines) is 1. The molecule has 1 atom stereocenters. The number of amides is 2. The normalized spacial score (nSPS) is 14.8. The molecule has 11 nitrogen and oxygen atoms in total. The molecule has 1 aliphatic heterocycles. The molecule has 1 heterocycles. The molecule has 1 aliphatic rings. The lowest BCUT2D eigenvalue weighted by Gasteiger charge is -2.31. The molecule has 40 heavy (non-hydrogen) atoms. The molecule has 2 aromatic carbocycles. The van der Waals surface area contributed by atoms with Crippen LogP contribution in [0.25, 0.3) is 0 Å². The lowest BCUT2D eigenvalue weighted by Crippen LogP contribution is -2.41. The minimum Gasteiger partial charge on any atom is -0.497 e. The van der Waals surface area contributed by atoms with Gasteiger partial charge in [0.15, 0.2) is 0 Å². The zero-order chi connectivity index (χ0) is 29.3. The monoisotopic (exact) mass is 579 g/mol. The number of halogens is 1. The van der Waals surface area contributed by atoms with Crippen LogP contribution in [0.3, 0.4) is 0 Å². The van der Waals surface area contributed by atoms with Crippen LogP contribution in [0.1, 0.15) is 43.2 Å². The maximum absolute atomic E-state index is 13.4. The zero-order valence-electron chi connectivity index (χ0n) is 22.4. The van der Waals surface area contributed by atoms with Crippen molar-refractivity contribution < 1.29 is 41.9 Å². The molecule has 0 radical (unpaired) electrons. The lowest BCUT2D eigenvalue weighted by atomic mass is 9.91. The van der Waals surface area contributed by atoms with Gasteiger partial charge in [-0.2, -0.15) is 0 Å². The summed E-state index contributed by atoms with van der Waals surface area (Å²) in [6.45, 7) is 2.59. The molecule has 0 spiro atoms. The van der Waals surface area contributed by atoms with Gasteiger partial charge >= 0.3 is 5.97 Å². The number of methoxy groups -OCH3 is 1. The first-order valence-electron chi connectivity index (χ1n) is 12.9. The van der Waals surface area contributed by atoms with E-state index in [4.69, 9.17) is 9.47 Å². The minimum absolute atomic E-state index is 0.0391. The summed E-state index contributed by atoms with van der Waals surface area (Å²) in [4.78, 5) is 38.6. The fourth-order valence-corrected chi connectivity index (χ4v) is 5.89. The average molecular weight is 580 g/mol. The number of hydrogen-bond donors (Lipinski definition) is 3. The van der Waals surface area contributed by atoms with Gasteiger partial charge in [0, 0.05) is 26.1 Å². The largest absolute Gasteiger partial charge is 0.497 e. The van der Waals surface area contributed by atoms with Crippen molar-refractivity contribution in [2.45, 2.75) is 43.4 Å². The van der Waals surface area contributed by atoms with Crippen LogP contribution >= 0.6 is 0 Å². The number of nitrogens with one attached hydrogen (secondary N) is 2. The second-order valence-electron chi connectivity index (χ2n) is 9.32. The fraction of sp³-hybridized carbons (Fsp3) is 0.444. The summed E-state index contributed by atoms with van der Waals surface area (Å²) < 4.78 is 52.7. The Morgan fingerprint density at radius 3 is 2.40 bits per heavy atom. The predicted octanol–water partition coefficient (Wildman–Crippen LogP) is 2.14. The standard InChI is InChI=1S/C27H34FN3O8S/c1-3-39-27(34)19-11-14-31(15-12-19)25(32)10-13-29-40(36,37)24-9-8-21(38-2)17-22(24)23(26(33)30-35)16-18-4-6-20(28)7-5-18/h4-9,17,19,23,29,35H,3,10-16H2,1-2H3,(H,30,33). The molecule has 13 heteroatoms. The Morgan fingerprint density at radius 1 is 1.12 bits per heavy atom. The van der Waals surface area contributed by atoms with E-state index in [-0.39, 0.29) is 53.4 Å². The highest BCUT2D eigenvalue weighted by molar-refractivity contribution is 7.89. The quantitative estimate of drug-likeness (QED) is 0.197. The number of hydroxylamine groups is 1. The van der Waals surface area contributed by atoms with Crippen LogP contribution in [0.2, 0.25) is 0 Å². The van der Waals surface area contributed by atoms with Gasteiger partial charge in [-0.25, -0.2) is 23.0 Å². The third-order valence-corrected chi connectivity index (χ3v) is 8.30. The first-order valence-corrected chi connectivity index (χ1v) is 14.4. The van der Waals surface area contributed by atoms with Gasteiger partial charge in [-0.1, -0.05) is 12.1 Å². The van der Waals surface area contributed by atoms with Gasteiger partial charge < -0.3 is 14.4 Å². The van der Waals surface area contributed by atoms with Crippen molar-refractivity contribution in [3.05, 3.63) is 59.4 Å². The molecule has 1 unspecified atom stereocenters. The Bertz CT molecular complexity index is 1300. The van der Waals surface area contributed by atoms with Gasteiger partial charge in [0.25, 0.3) is 5.91 Å². The van der Waals surface area contributed by atoms with Crippen molar-refractivity contribution >= 4 is 27.8 Å². The highest BCUT2D eigenvalue weighted by Gasteiger charge is 2.31. The maximum atomic E-state index is 13.4. The molecule has 0 aliphatic carbocycles. The van der Waals surface area contributed by atoms with E-state index in [2.05, 4.69) is 4.72 Å². The molecule has 218 valence electrons. The van der Waals surface area contributed by atoms with E-state index in [0.717, 1.165) is 0 Å². The number of carbonyl (C=O) groups is 3. The third kappa shape index (κ3) is 7.99. The minimum atomic E-state index is -4.21. The highest BCUT2D eigenvalue weighted by Crippen LogP contribution is 2.31. The van der Waals surface area contributed by atoms with E-state index in [1.165, 1.54) is 49.6 Å². The van der Waals surface area contributed by atoms with Gasteiger partial charge in [0.05, 0.1) is 30.4 Å². The van der Waals surface area contributed by atoms with Crippen LogP contribution < -0.4 is 14.9 Å². The SMILES string of the molecule is CCOC(=O)C1CCN(C(=O)CCNS(=O)(=O)c2ccc(OC)cc2C(Cc2ccc(F)cc2)C(=O)NO)CC1. The first-order chi connectivity index (χ1) is 19.1. The summed E-state index contributed by atoms with van der Waals surface area (Å²) in [5, 5.41) is 9.38. The van der Waals surface area contributed by atoms with Crippen molar-refractivity contribution in [3.63, 3.8) is 0 Å². The number of esters is 1. The van der Waals surface area contributed by atoms with Crippen LogP contribution in [0.5, 0.6) is 5.75 Å². The van der Waals surface area contributed by atoms with E-state index < -0.39 is 27.7 Å². The smallest absolute Gasteiger partial charge is 0.309 e. The summed E-state index contributed by atoms with van der Waals surface area (Å²) in [6.07, 6.45) is 0.815. The van der Waals surface area contributed by atoms with Crippen molar-refractivity contribution in [2.24, 2.45) is 5.92 Å². The van der Waals surface area contributed by atoms with E-state index >= 15 is 0 Å². The second kappa shape index (κ2) is 14.2. The number of rotatable bonds is 12. The number of ether oxygens (including phenoxy) is 2. The molecule has 3 rings (SSSR count). The second-order valence-corrected chi connectivity index (χ2v) is 11.1. The Balaban J connectivity index is 1.73. The molecule has 1 saturated heterocycles. The number of carbonyl (C=O) groups excluding carboxylic acids is 3. The van der Waals surface area contributed by atoms with Gasteiger partial charge in [-0.3, -0.25) is 19.6 Å². The average Bonchev–Trinajstić information content (AvgIpc) is 2.96. The van der Waals surface area contributed by atoms with Crippen LogP contribution in [0, 0.1) is 11.7 Å². The van der Waals surface area contributed by atoms with Crippen molar-refractivity contribution in [2.75, 3.05) is 33.4 Å². The Hall–Kier alpha value is -3.55. The van der Waals surface area contributed by atoms with E-state index in [9.17, 15) is 32.4 Å². The summed E-state index contributed by atoms with van der Waals surface area (Å²) >= 11 is 0. The number of sulfonamides is 1. The van der Waals surface area contributed by atoms with Gasteiger partial charge in [0.2, 0.25) is 15.9 Å². The first kappa shape index (κ1) is 31.0. The van der Waals surface area contributed by atoms with Crippen molar-refractivity contribution in [1.29, 1.82) is 0 Å². The number of benzene rings is 2. The third-order valence-electron chi connectivity index (χ3n) is 6.76. The molecule has 1 fully saturated rings. The number of hydrogen-bond acceptors (Lipinski definition) is 8. The predicted molar refractivity (Wildman–Crippen MR) is 142 cm³/mol. The zero-order valence-corrected chi connectivity index (χ0v) is 23.2. The van der Waals surface area contributed by atoms with Crippen LogP contribution in [0.4, 0.5) is 4.39 Å². The van der Waals surface area contributed by atoms with E-state index in [0.29, 0.717) is 38.1 Å². The lowest BCUT2D eigenvalue weighted by molar-refractivity contribution is -0.151. The fourth-order valence-electron chi connectivity index (χ4n) is 4.60. The van der Waals surface area contributed by atoms with E-state index in [1.807, 2.05) is 0 Å². The molecular formula is C27H34FN3O8S. The number of nitrogens with zero attached hydrogens (tertiary/aromatic N) is 1. The summed E-state index contributed by atoms with van der Waals surface area (Å²) in [5.74, 6) is -3.01. The summed E-state index contributed by atoms with van der Waals surface area (Å²) in [5.41, 5.74) is 2.16. The number of piperidine rings is 1. The maximum Gasteiger partial charge on any atom is 0.309 e. The van der Waals surface area contributed by atoms with Gasteiger partial charge in [-0.05, 0) is 67.6 Å². The van der Waals surface area contributed by atoms with Crippen LogP contribution in [-0.2, 0) is 35.6 Å². The highest BCUT2D eigenvalue weighted by atomic mass is 32.2. The van der Waals surface area contributed by atoms with E-state index in [1.54, 1.807) is 17.3 Å². The molecule has 3 N–H and O–H groups in total. The molecule has 0 bridgehead atoms. The van der Waals surface area contributed by atoms with Crippen LogP contribution in [0.15, 0.2) is 47.4 Å². The van der Waals surface area contributed by atoms with Crippen molar-refractivity contribution in [1.82, 2.24) is 15.1 Å². The van der Waals surface area contributed by atoms with Gasteiger partial charge in [0.1, 0.15) is 11.6 Å².